The lowest BCUT2D eigenvalue weighted by molar-refractivity contribution is -0.140. The number of carbonyl (C=O) groups is 1. The van der Waals surface area contributed by atoms with Crippen LogP contribution in [0.1, 0.15) is 29.8 Å². The number of rotatable bonds is 6. The summed E-state index contributed by atoms with van der Waals surface area (Å²) in [5.41, 5.74) is 8.44. The molecule has 0 spiro atoms. The van der Waals surface area contributed by atoms with Gasteiger partial charge in [0.2, 0.25) is 10.0 Å². The summed E-state index contributed by atoms with van der Waals surface area (Å²) >= 11 is 0. The SMILES string of the molecule is Cl.Cn1c(Cc2ccc(C(=N)N)cc2)nc2cc(S(=O)(=O)N3CCCC3C(=O)O)ccc21. The standard InChI is InChI=1S/C21H23N5O4S.ClH/c1-25-17-9-8-15(31(29,30)26-10-2-3-18(26)21(27)28)12-16(17)24-19(25)11-13-4-6-14(7-5-13)20(22)23;/h4-9,12,18H,2-3,10-11H2,1H3,(H3,22,23)(H,27,28);1H. The molecule has 1 fully saturated rings. The van der Waals surface area contributed by atoms with Crippen molar-refractivity contribution in [3.05, 3.63) is 59.4 Å². The molecule has 2 heterocycles. The zero-order chi connectivity index (χ0) is 22.3. The lowest BCUT2D eigenvalue weighted by atomic mass is 10.1. The van der Waals surface area contributed by atoms with E-state index in [4.69, 9.17) is 11.1 Å². The van der Waals surface area contributed by atoms with Gasteiger partial charge in [-0.05, 0) is 36.6 Å². The van der Waals surface area contributed by atoms with Gasteiger partial charge in [0.05, 0.1) is 15.9 Å². The molecule has 1 aliphatic heterocycles. The van der Waals surface area contributed by atoms with Gasteiger partial charge in [0, 0.05) is 25.6 Å². The summed E-state index contributed by atoms with van der Waals surface area (Å²) in [4.78, 5) is 16.1. The molecule has 1 unspecified atom stereocenters. The molecule has 1 aromatic heterocycles. The molecule has 1 atom stereocenters. The minimum absolute atomic E-state index is 0. The third-order valence-corrected chi connectivity index (χ3v) is 7.57. The number of aryl methyl sites for hydroxylation is 1. The maximum absolute atomic E-state index is 13.1. The summed E-state index contributed by atoms with van der Waals surface area (Å²) in [6, 6.07) is 11.0. The van der Waals surface area contributed by atoms with Crippen molar-refractivity contribution in [1.29, 1.82) is 5.41 Å². The first-order valence-corrected chi connectivity index (χ1v) is 11.3. The number of hydrogen-bond donors (Lipinski definition) is 3. The molecule has 0 saturated carbocycles. The Morgan fingerprint density at radius 3 is 2.56 bits per heavy atom. The molecule has 9 nitrogen and oxygen atoms in total. The number of aromatic nitrogens is 2. The van der Waals surface area contributed by atoms with Crippen LogP contribution < -0.4 is 5.73 Å². The molecule has 0 bridgehead atoms. The van der Waals surface area contributed by atoms with Crippen LogP contribution in [0.5, 0.6) is 0 Å². The maximum Gasteiger partial charge on any atom is 0.322 e. The predicted octanol–water partition coefficient (Wildman–Crippen LogP) is 2.11. The van der Waals surface area contributed by atoms with Gasteiger partial charge < -0.3 is 15.4 Å². The van der Waals surface area contributed by atoms with Gasteiger partial charge in [0.15, 0.2) is 0 Å². The Hall–Kier alpha value is -2.95. The summed E-state index contributed by atoms with van der Waals surface area (Å²) < 4.78 is 29.1. The summed E-state index contributed by atoms with van der Waals surface area (Å²) in [7, 11) is -2.06. The minimum atomic E-state index is -3.93. The molecule has 4 rings (SSSR count). The molecule has 1 aliphatic rings. The van der Waals surface area contributed by atoms with Crippen LogP contribution in [0.3, 0.4) is 0 Å². The van der Waals surface area contributed by atoms with Gasteiger partial charge in [-0.3, -0.25) is 10.2 Å². The molecule has 0 aliphatic carbocycles. The van der Waals surface area contributed by atoms with E-state index < -0.39 is 22.0 Å². The molecule has 32 heavy (non-hydrogen) atoms. The van der Waals surface area contributed by atoms with E-state index in [1.54, 1.807) is 18.2 Å². The number of nitrogen functional groups attached to an aromatic ring is 1. The van der Waals surface area contributed by atoms with E-state index in [9.17, 15) is 18.3 Å². The molecule has 11 heteroatoms. The number of nitrogens with two attached hydrogens (primary N) is 1. The molecule has 4 N–H and O–H groups in total. The molecule has 3 aromatic rings. The predicted molar refractivity (Wildman–Crippen MR) is 123 cm³/mol. The molecule has 0 radical (unpaired) electrons. The van der Waals surface area contributed by atoms with Crippen molar-refractivity contribution in [3.8, 4) is 0 Å². The van der Waals surface area contributed by atoms with E-state index in [0.717, 1.165) is 21.2 Å². The molecule has 170 valence electrons. The first-order chi connectivity index (χ1) is 14.7. The molecular weight excluding hydrogens is 454 g/mol. The van der Waals surface area contributed by atoms with E-state index in [2.05, 4.69) is 4.98 Å². The Labute approximate surface area is 191 Å². The van der Waals surface area contributed by atoms with Gasteiger partial charge >= 0.3 is 5.97 Å². The number of imidazole rings is 1. The van der Waals surface area contributed by atoms with Crippen LogP contribution in [0.4, 0.5) is 0 Å². The average Bonchev–Trinajstić information content (AvgIpc) is 3.34. The molecule has 0 amide bonds. The first-order valence-electron chi connectivity index (χ1n) is 9.82. The van der Waals surface area contributed by atoms with Crippen molar-refractivity contribution in [2.24, 2.45) is 12.8 Å². The number of sulfonamides is 1. The number of hydrogen-bond acceptors (Lipinski definition) is 5. The Morgan fingerprint density at radius 1 is 1.25 bits per heavy atom. The van der Waals surface area contributed by atoms with Crippen molar-refractivity contribution in [2.45, 2.75) is 30.2 Å². The molecular formula is C21H24ClN5O4S. The third kappa shape index (κ3) is 4.21. The van der Waals surface area contributed by atoms with E-state index in [1.165, 1.54) is 12.1 Å². The van der Waals surface area contributed by atoms with Gasteiger partial charge in [0.25, 0.3) is 0 Å². The zero-order valence-corrected chi connectivity index (χ0v) is 19.0. The lowest BCUT2D eigenvalue weighted by Gasteiger charge is -2.20. The highest BCUT2D eigenvalue weighted by Gasteiger charge is 2.39. The highest BCUT2D eigenvalue weighted by atomic mass is 35.5. The second kappa shape index (κ2) is 8.89. The number of aliphatic carboxylic acids is 1. The molecule has 2 aromatic carbocycles. The highest BCUT2D eigenvalue weighted by molar-refractivity contribution is 7.89. The van der Waals surface area contributed by atoms with Crippen molar-refractivity contribution < 1.29 is 18.3 Å². The lowest BCUT2D eigenvalue weighted by Crippen LogP contribution is -2.40. The second-order valence-corrected chi connectivity index (χ2v) is 9.53. The largest absolute Gasteiger partial charge is 0.480 e. The van der Waals surface area contributed by atoms with Crippen molar-refractivity contribution in [3.63, 3.8) is 0 Å². The summed E-state index contributed by atoms with van der Waals surface area (Å²) in [6.07, 6.45) is 1.36. The Morgan fingerprint density at radius 2 is 1.94 bits per heavy atom. The van der Waals surface area contributed by atoms with Crippen molar-refractivity contribution in [1.82, 2.24) is 13.9 Å². The summed E-state index contributed by atoms with van der Waals surface area (Å²) in [6.45, 7) is 0.195. The van der Waals surface area contributed by atoms with Crippen LogP contribution in [-0.2, 0) is 28.3 Å². The number of halogens is 1. The number of carboxylic acid groups (broad SMARTS) is 1. The van der Waals surface area contributed by atoms with E-state index in [1.807, 2.05) is 23.7 Å². The van der Waals surface area contributed by atoms with Crippen LogP contribution in [-0.4, -0.2) is 51.8 Å². The monoisotopic (exact) mass is 477 g/mol. The number of benzene rings is 2. The van der Waals surface area contributed by atoms with Crippen LogP contribution in [0.15, 0.2) is 47.4 Å². The summed E-state index contributed by atoms with van der Waals surface area (Å²) in [5.74, 6) is -0.367. The Balaban J connectivity index is 0.00000289. The van der Waals surface area contributed by atoms with Crippen molar-refractivity contribution in [2.75, 3.05) is 6.54 Å². The number of nitrogens with zero attached hydrogens (tertiary/aromatic N) is 3. The van der Waals surface area contributed by atoms with E-state index in [-0.39, 0.29) is 29.7 Å². The van der Waals surface area contributed by atoms with Crippen LogP contribution in [0, 0.1) is 5.41 Å². The summed E-state index contributed by atoms with van der Waals surface area (Å²) in [5, 5.41) is 16.8. The van der Waals surface area contributed by atoms with E-state index in [0.29, 0.717) is 30.3 Å². The third-order valence-electron chi connectivity index (χ3n) is 5.67. The van der Waals surface area contributed by atoms with Gasteiger partial charge in [-0.2, -0.15) is 4.31 Å². The van der Waals surface area contributed by atoms with Gasteiger partial charge in [-0.15, -0.1) is 12.4 Å². The fourth-order valence-corrected chi connectivity index (χ4v) is 5.61. The smallest absolute Gasteiger partial charge is 0.322 e. The van der Waals surface area contributed by atoms with Crippen molar-refractivity contribution >= 4 is 45.3 Å². The van der Waals surface area contributed by atoms with Crippen LogP contribution in [0.2, 0.25) is 0 Å². The number of carboxylic acids is 1. The number of amidine groups is 1. The maximum atomic E-state index is 13.1. The Bertz CT molecular complexity index is 1290. The first kappa shape index (κ1) is 23.7. The number of nitrogens with one attached hydrogen (secondary N) is 1. The van der Waals surface area contributed by atoms with E-state index >= 15 is 0 Å². The number of fused-ring (bicyclic) bond motifs is 1. The van der Waals surface area contributed by atoms with Gasteiger partial charge in [-0.25, -0.2) is 13.4 Å². The van der Waals surface area contributed by atoms with Gasteiger partial charge in [0.1, 0.15) is 17.7 Å². The zero-order valence-electron chi connectivity index (χ0n) is 17.4. The fourth-order valence-electron chi connectivity index (χ4n) is 3.94. The van der Waals surface area contributed by atoms with Crippen LogP contribution >= 0.6 is 12.4 Å². The highest BCUT2D eigenvalue weighted by Crippen LogP contribution is 2.28. The average molecular weight is 478 g/mol. The fraction of sp³-hybridized carbons (Fsp3) is 0.286. The minimum Gasteiger partial charge on any atom is -0.480 e. The topological polar surface area (TPSA) is 142 Å². The normalized spacial score (nSPS) is 16.7. The second-order valence-electron chi connectivity index (χ2n) is 7.64. The van der Waals surface area contributed by atoms with Crippen LogP contribution in [0.25, 0.3) is 11.0 Å². The Kier molecular flexibility index (Phi) is 6.59. The van der Waals surface area contributed by atoms with Gasteiger partial charge in [-0.1, -0.05) is 24.3 Å². The quantitative estimate of drug-likeness (QED) is 0.366. The molecule has 1 saturated heterocycles.